The van der Waals surface area contributed by atoms with Gasteiger partial charge in [0.05, 0.1) is 6.10 Å². The molecule has 2 nitrogen and oxygen atoms in total. The molecule has 21 heavy (non-hydrogen) atoms. The largest absolute Gasteiger partial charge is 0.378 e. The monoisotopic (exact) mass is 295 g/mol. The summed E-state index contributed by atoms with van der Waals surface area (Å²) in [6.07, 6.45) is 9.51. The van der Waals surface area contributed by atoms with E-state index in [0.29, 0.717) is 23.0 Å². The lowest BCUT2D eigenvalue weighted by Crippen LogP contribution is -2.37. The third-order valence-corrected chi connectivity index (χ3v) is 6.91. The summed E-state index contributed by atoms with van der Waals surface area (Å²) >= 11 is 0. The fourth-order valence-corrected chi connectivity index (χ4v) is 4.74. The minimum absolute atomic E-state index is 0.419. The Hall–Kier alpha value is -0.0800. The van der Waals surface area contributed by atoms with Gasteiger partial charge in [-0.15, -0.1) is 0 Å². The van der Waals surface area contributed by atoms with E-state index in [0.717, 1.165) is 19.1 Å². The molecule has 4 atom stereocenters. The van der Waals surface area contributed by atoms with Crippen LogP contribution in [-0.2, 0) is 4.74 Å². The van der Waals surface area contributed by atoms with E-state index in [4.69, 9.17) is 4.74 Å². The van der Waals surface area contributed by atoms with Gasteiger partial charge in [0.15, 0.2) is 0 Å². The first kappa shape index (κ1) is 17.3. The molecule has 0 aromatic heterocycles. The summed E-state index contributed by atoms with van der Waals surface area (Å²) in [4.78, 5) is 0. The summed E-state index contributed by atoms with van der Waals surface area (Å²) < 4.78 is 6.35. The van der Waals surface area contributed by atoms with Gasteiger partial charge in [-0.1, -0.05) is 34.6 Å². The number of ether oxygens (including phenoxy) is 1. The maximum Gasteiger partial charge on any atom is 0.0636 e. The molecule has 0 radical (unpaired) electrons. The number of rotatable bonds is 9. The third-order valence-electron chi connectivity index (χ3n) is 6.91. The van der Waals surface area contributed by atoms with Crippen LogP contribution < -0.4 is 5.32 Å². The zero-order chi connectivity index (χ0) is 15.5. The number of nitrogens with one attached hydrogen (secondary N) is 1. The number of fused-ring (bicyclic) bond motifs is 2. The Morgan fingerprint density at radius 3 is 2.52 bits per heavy atom. The first-order valence-corrected chi connectivity index (χ1v) is 9.30. The summed E-state index contributed by atoms with van der Waals surface area (Å²) in [5.74, 6) is 0.891. The van der Waals surface area contributed by atoms with E-state index < -0.39 is 0 Å². The molecule has 0 aliphatic heterocycles. The van der Waals surface area contributed by atoms with Gasteiger partial charge in [0, 0.05) is 12.6 Å². The van der Waals surface area contributed by atoms with Crippen LogP contribution in [0.3, 0.4) is 0 Å². The second-order valence-corrected chi connectivity index (χ2v) is 8.17. The molecule has 2 bridgehead atoms. The maximum absolute atomic E-state index is 6.35. The Morgan fingerprint density at radius 2 is 2.00 bits per heavy atom. The Bertz CT molecular complexity index is 328. The van der Waals surface area contributed by atoms with Gasteiger partial charge in [-0.25, -0.2) is 0 Å². The highest BCUT2D eigenvalue weighted by molar-refractivity contribution is 5.11. The highest BCUT2D eigenvalue weighted by atomic mass is 16.5. The summed E-state index contributed by atoms with van der Waals surface area (Å²) in [7, 11) is 0. The van der Waals surface area contributed by atoms with Crippen molar-refractivity contribution in [3.05, 3.63) is 0 Å². The lowest BCUT2D eigenvalue weighted by Gasteiger charge is -2.39. The highest BCUT2D eigenvalue weighted by Crippen LogP contribution is 2.66. The molecule has 0 aromatic carbocycles. The third kappa shape index (κ3) is 3.32. The van der Waals surface area contributed by atoms with Crippen LogP contribution in [0, 0.1) is 16.7 Å². The van der Waals surface area contributed by atoms with Crippen molar-refractivity contribution in [1.29, 1.82) is 0 Å². The molecule has 2 fully saturated rings. The maximum atomic E-state index is 6.35. The van der Waals surface area contributed by atoms with Crippen molar-refractivity contribution in [1.82, 2.24) is 5.32 Å². The molecule has 2 aliphatic carbocycles. The van der Waals surface area contributed by atoms with Crippen LogP contribution in [0.4, 0.5) is 0 Å². The van der Waals surface area contributed by atoms with Gasteiger partial charge < -0.3 is 10.1 Å². The molecule has 1 N–H and O–H groups in total. The summed E-state index contributed by atoms with van der Waals surface area (Å²) in [6, 6.07) is 0.681. The number of hydrogen-bond donors (Lipinski definition) is 1. The van der Waals surface area contributed by atoms with Gasteiger partial charge in [-0.05, 0) is 68.2 Å². The van der Waals surface area contributed by atoms with Gasteiger partial charge in [-0.2, -0.15) is 0 Å². The molecular formula is C19H37NO. The first-order valence-electron chi connectivity index (χ1n) is 9.30. The SMILES string of the molecule is CCCNC(CC)CCCOC1CC2CCC1(C)C2(C)C. The Balaban J connectivity index is 1.70. The topological polar surface area (TPSA) is 21.3 Å². The fourth-order valence-electron chi connectivity index (χ4n) is 4.74. The average Bonchev–Trinajstić information content (AvgIpc) is 2.79. The lowest BCUT2D eigenvalue weighted by atomic mass is 9.70. The van der Waals surface area contributed by atoms with Crippen molar-refractivity contribution in [2.45, 2.75) is 91.7 Å². The average molecular weight is 296 g/mol. The van der Waals surface area contributed by atoms with E-state index in [9.17, 15) is 0 Å². The van der Waals surface area contributed by atoms with E-state index in [1.54, 1.807) is 0 Å². The molecular weight excluding hydrogens is 258 g/mol. The highest BCUT2D eigenvalue weighted by Gasteiger charge is 2.61. The second kappa shape index (κ2) is 7.00. The quantitative estimate of drug-likeness (QED) is 0.618. The molecule has 4 unspecified atom stereocenters. The van der Waals surface area contributed by atoms with E-state index in [1.165, 1.54) is 44.9 Å². The summed E-state index contributed by atoms with van der Waals surface area (Å²) in [5.41, 5.74) is 0.897. The molecule has 2 saturated carbocycles. The Morgan fingerprint density at radius 1 is 1.24 bits per heavy atom. The molecule has 2 heteroatoms. The standard InChI is InChI=1S/C19H37NO/c1-6-12-20-16(7-2)9-8-13-21-17-14-15-10-11-19(17,5)18(15,3)4/h15-17,20H,6-14H2,1-5H3. The van der Waals surface area contributed by atoms with Crippen molar-refractivity contribution in [2.75, 3.05) is 13.2 Å². The van der Waals surface area contributed by atoms with Crippen molar-refractivity contribution in [3.63, 3.8) is 0 Å². The van der Waals surface area contributed by atoms with Crippen LogP contribution in [0.15, 0.2) is 0 Å². The molecule has 0 aromatic rings. The molecule has 0 spiro atoms. The molecule has 2 rings (SSSR count). The smallest absolute Gasteiger partial charge is 0.0636 e. The fraction of sp³-hybridized carbons (Fsp3) is 1.00. The minimum atomic E-state index is 0.419. The van der Waals surface area contributed by atoms with E-state index in [2.05, 4.69) is 39.9 Å². The zero-order valence-electron chi connectivity index (χ0n) is 15.0. The Kier molecular flexibility index (Phi) is 5.76. The molecule has 0 amide bonds. The summed E-state index contributed by atoms with van der Waals surface area (Å²) in [6.45, 7) is 14.0. The van der Waals surface area contributed by atoms with Crippen molar-refractivity contribution in [3.8, 4) is 0 Å². The minimum Gasteiger partial charge on any atom is -0.378 e. The first-order chi connectivity index (χ1) is 9.95. The van der Waals surface area contributed by atoms with E-state index in [-0.39, 0.29) is 0 Å². The normalized spacial score (nSPS) is 35.3. The molecule has 0 saturated heterocycles. The van der Waals surface area contributed by atoms with Gasteiger partial charge in [0.2, 0.25) is 0 Å². The van der Waals surface area contributed by atoms with Crippen molar-refractivity contribution in [2.24, 2.45) is 16.7 Å². The van der Waals surface area contributed by atoms with Gasteiger partial charge in [0.1, 0.15) is 0 Å². The van der Waals surface area contributed by atoms with Gasteiger partial charge in [-0.3, -0.25) is 0 Å². The van der Waals surface area contributed by atoms with Gasteiger partial charge >= 0.3 is 0 Å². The van der Waals surface area contributed by atoms with Gasteiger partial charge in [0.25, 0.3) is 0 Å². The lowest BCUT2D eigenvalue weighted by molar-refractivity contribution is -0.0478. The molecule has 0 heterocycles. The van der Waals surface area contributed by atoms with Crippen molar-refractivity contribution >= 4 is 0 Å². The van der Waals surface area contributed by atoms with Crippen LogP contribution in [0.1, 0.15) is 79.6 Å². The van der Waals surface area contributed by atoms with Crippen LogP contribution in [0.5, 0.6) is 0 Å². The number of hydrogen-bond acceptors (Lipinski definition) is 2. The Labute approximate surface area is 132 Å². The predicted octanol–water partition coefficient (Wildman–Crippen LogP) is 4.78. The van der Waals surface area contributed by atoms with Crippen molar-refractivity contribution < 1.29 is 4.74 Å². The predicted molar refractivity (Wildman–Crippen MR) is 90.6 cm³/mol. The second-order valence-electron chi connectivity index (χ2n) is 8.17. The van der Waals surface area contributed by atoms with E-state index in [1.807, 2.05) is 0 Å². The summed E-state index contributed by atoms with van der Waals surface area (Å²) in [5, 5.41) is 3.64. The van der Waals surface area contributed by atoms with Crippen LogP contribution in [0.2, 0.25) is 0 Å². The molecule has 2 aliphatic rings. The van der Waals surface area contributed by atoms with Crippen LogP contribution in [-0.4, -0.2) is 25.3 Å². The van der Waals surface area contributed by atoms with Crippen LogP contribution >= 0.6 is 0 Å². The van der Waals surface area contributed by atoms with E-state index >= 15 is 0 Å². The molecule has 124 valence electrons. The zero-order valence-corrected chi connectivity index (χ0v) is 15.0. The van der Waals surface area contributed by atoms with Crippen LogP contribution in [0.25, 0.3) is 0 Å².